The number of nitrogens with one attached hydrogen (secondary N) is 1. The van der Waals surface area contributed by atoms with E-state index in [1.54, 1.807) is 24.3 Å². The summed E-state index contributed by atoms with van der Waals surface area (Å²) in [6.45, 7) is 0.575. The van der Waals surface area contributed by atoms with Gasteiger partial charge in [-0.15, -0.1) is 0 Å². The van der Waals surface area contributed by atoms with Gasteiger partial charge in [0.1, 0.15) is 11.6 Å². The maximum Gasteiger partial charge on any atom is 0.328 e. The zero-order valence-corrected chi connectivity index (χ0v) is 19.5. The van der Waals surface area contributed by atoms with Crippen molar-refractivity contribution in [1.82, 2.24) is 20.2 Å². The molecule has 2 aromatic carbocycles. The number of fused-ring (bicyclic) bond motifs is 1. The van der Waals surface area contributed by atoms with Crippen LogP contribution in [0.2, 0.25) is 0 Å². The number of carbonyl (C=O) groups excluding carboxylic acids is 2. The number of nitrogens with zero attached hydrogens (tertiary/aromatic N) is 3. The number of aliphatic carboxylic acids is 1. The van der Waals surface area contributed by atoms with Gasteiger partial charge in [-0.25, -0.2) is 23.5 Å². The van der Waals surface area contributed by atoms with E-state index < -0.39 is 23.6 Å². The molecule has 2 amide bonds. The Morgan fingerprint density at radius 2 is 1.76 bits per heavy atom. The first-order valence-corrected chi connectivity index (χ1v) is 11.6. The molecule has 2 aliphatic heterocycles. The number of carboxylic acid groups (broad SMARTS) is 1. The Bertz CT molecular complexity index is 1380. The van der Waals surface area contributed by atoms with E-state index in [4.69, 9.17) is 4.74 Å². The van der Waals surface area contributed by atoms with E-state index in [0.717, 1.165) is 17.7 Å². The minimum Gasteiger partial charge on any atom is -0.480 e. The molecular formula is C26H22F2N4O5. The van der Waals surface area contributed by atoms with E-state index in [0.29, 0.717) is 17.0 Å². The van der Waals surface area contributed by atoms with Crippen LogP contribution in [-0.2, 0) is 33.7 Å². The van der Waals surface area contributed by atoms with Gasteiger partial charge in [0.05, 0.1) is 48.7 Å². The van der Waals surface area contributed by atoms with Gasteiger partial charge in [0, 0.05) is 13.0 Å². The van der Waals surface area contributed by atoms with Crippen LogP contribution in [0.3, 0.4) is 0 Å². The van der Waals surface area contributed by atoms with E-state index in [1.165, 1.54) is 11.0 Å². The fourth-order valence-corrected chi connectivity index (χ4v) is 4.50. The second-order valence-corrected chi connectivity index (χ2v) is 8.78. The third-order valence-corrected chi connectivity index (χ3v) is 6.37. The van der Waals surface area contributed by atoms with Crippen LogP contribution in [0.1, 0.15) is 32.9 Å². The summed E-state index contributed by atoms with van der Waals surface area (Å²) in [6.07, 6.45) is 0.214. The Labute approximate surface area is 210 Å². The van der Waals surface area contributed by atoms with Crippen LogP contribution < -0.4 is 5.32 Å². The van der Waals surface area contributed by atoms with Crippen molar-refractivity contribution in [2.45, 2.75) is 25.4 Å². The number of carbonyl (C=O) groups is 3. The van der Waals surface area contributed by atoms with Crippen molar-refractivity contribution in [3.63, 3.8) is 0 Å². The molecule has 0 radical (unpaired) electrons. The molecule has 0 aliphatic carbocycles. The van der Waals surface area contributed by atoms with E-state index in [-0.39, 0.29) is 67.9 Å². The molecule has 9 nitrogen and oxygen atoms in total. The molecule has 2 aliphatic rings. The summed E-state index contributed by atoms with van der Waals surface area (Å²) in [5.74, 6) is -3.53. The largest absolute Gasteiger partial charge is 0.480 e. The zero-order valence-electron chi connectivity index (χ0n) is 19.5. The SMILES string of the molecule is O=C1NCc2nc(-c3c(F)cccc3F)nc(Cc3ccc(CC(=O)N4CCOCC4C(=O)O)cc3)c21. The van der Waals surface area contributed by atoms with Crippen molar-refractivity contribution >= 4 is 17.8 Å². The van der Waals surface area contributed by atoms with Crippen molar-refractivity contribution in [2.24, 2.45) is 0 Å². The molecule has 5 rings (SSSR count). The molecule has 0 saturated carbocycles. The molecule has 1 saturated heterocycles. The molecule has 11 heteroatoms. The number of rotatable bonds is 6. The first-order chi connectivity index (χ1) is 17.8. The lowest BCUT2D eigenvalue weighted by atomic mass is 10.0. The minimum atomic E-state index is -1.11. The summed E-state index contributed by atoms with van der Waals surface area (Å²) >= 11 is 0. The van der Waals surface area contributed by atoms with Gasteiger partial charge in [-0.1, -0.05) is 30.3 Å². The summed E-state index contributed by atoms with van der Waals surface area (Å²) in [6, 6.07) is 9.48. The van der Waals surface area contributed by atoms with Gasteiger partial charge in [-0.05, 0) is 23.3 Å². The van der Waals surface area contributed by atoms with Crippen molar-refractivity contribution < 1.29 is 33.0 Å². The second kappa shape index (κ2) is 10.0. The van der Waals surface area contributed by atoms with Gasteiger partial charge in [-0.2, -0.15) is 0 Å². The predicted molar refractivity (Wildman–Crippen MR) is 125 cm³/mol. The number of ether oxygens (including phenoxy) is 1. The molecule has 1 atom stereocenters. The molecule has 1 unspecified atom stereocenters. The van der Waals surface area contributed by atoms with Crippen LogP contribution in [0, 0.1) is 11.6 Å². The number of hydrogen-bond acceptors (Lipinski definition) is 6. The van der Waals surface area contributed by atoms with Crippen LogP contribution >= 0.6 is 0 Å². The average Bonchev–Trinajstić information content (AvgIpc) is 3.26. The Hall–Kier alpha value is -4.25. The minimum absolute atomic E-state index is 0.0199. The predicted octanol–water partition coefficient (Wildman–Crippen LogP) is 2.11. The molecule has 0 spiro atoms. The van der Waals surface area contributed by atoms with E-state index in [2.05, 4.69) is 15.3 Å². The quantitative estimate of drug-likeness (QED) is 0.523. The highest BCUT2D eigenvalue weighted by Gasteiger charge is 2.32. The molecule has 37 heavy (non-hydrogen) atoms. The highest BCUT2D eigenvalue weighted by molar-refractivity contribution is 5.99. The van der Waals surface area contributed by atoms with E-state index in [1.807, 2.05) is 0 Å². The average molecular weight is 508 g/mol. The fraction of sp³-hybridized carbons (Fsp3) is 0.269. The molecule has 190 valence electrons. The summed E-state index contributed by atoms with van der Waals surface area (Å²) in [4.78, 5) is 46.5. The smallest absolute Gasteiger partial charge is 0.328 e. The van der Waals surface area contributed by atoms with Gasteiger partial charge in [0.2, 0.25) is 5.91 Å². The third kappa shape index (κ3) is 4.90. The molecule has 3 heterocycles. The summed E-state index contributed by atoms with van der Waals surface area (Å²) in [5, 5.41) is 12.0. The number of benzene rings is 2. The Morgan fingerprint density at radius 1 is 1.05 bits per heavy atom. The fourth-order valence-electron chi connectivity index (χ4n) is 4.50. The standard InChI is InChI=1S/C26H22F2N4O5/c27-16-2-1-3-17(28)22(16)24-30-18(23-19(31-24)12-29-25(23)34)10-14-4-6-15(7-5-14)11-21(33)32-8-9-37-13-20(32)26(35)36/h1-7,20H,8-13H2,(H,29,34)(H,35,36). The highest BCUT2D eigenvalue weighted by Crippen LogP contribution is 2.28. The van der Waals surface area contributed by atoms with Crippen LogP contribution in [0.4, 0.5) is 8.78 Å². The lowest BCUT2D eigenvalue weighted by Gasteiger charge is -2.32. The lowest BCUT2D eigenvalue weighted by Crippen LogP contribution is -2.53. The maximum absolute atomic E-state index is 14.4. The normalized spacial score (nSPS) is 16.9. The number of hydrogen-bond donors (Lipinski definition) is 2. The van der Waals surface area contributed by atoms with Crippen LogP contribution in [0.25, 0.3) is 11.4 Å². The number of morpholine rings is 1. The van der Waals surface area contributed by atoms with Crippen molar-refractivity contribution in [1.29, 1.82) is 0 Å². The monoisotopic (exact) mass is 508 g/mol. The van der Waals surface area contributed by atoms with Gasteiger partial charge in [-0.3, -0.25) is 9.59 Å². The molecule has 0 bridgehead atoms. The summed E-state index contributed by atoms with van der Waals surface area (Å²) < 4.78 is 34.0. The van der Waals surface area contributed by atoms with Gasteiger partial charge in [0.15, 0.2) is 11.9 Å². The number of amides is 2. The number of aromatic nitrogens is 2. The Morgan fingerprint density at radius 3 is 2.46 bits per heavy atom. The highest BCUT2D eigenvalue weighted by atomic mass is 19.1. The second-order valence-electron chi connectivity index (χ2n) is 8.78. The van der Waals surface area contributed by atoms with Crippen LogP contribution in [0.15, 0.2) is 42.5 Å². The molecule has 2 N–H and O–H groups in total. The number of carboxylic acids is 1. The van der Waals surface area contributed by atoms with Crippen molar-refractivity contribution in [3.05, 3.63) is 82.2 Å². The first kappa shape index (κ1) is 24.4. The Balaban J connectivity index is 1.38. The lowest BCUT2D eigenvalue weighted by molar-refractivity contribution is -0.158. The third-order valence-electron chi connectivity index (χ3n) is 6.37. The van der Waals surface area contributed by atoms with Crippen LogP contribution in [0.5, 0.6) is 0 Å². The summed E-state index contributed by atoms with van der Waals surface area (Å²) in [5.41, 5.74) is 2.07. The molecule has 1 fully saturated rings. The van der Waals surface area contributed by atoms with Crippen molar-refractivity contribution in [2.75, 3.05) is 19.8 Å². The van der Waals surface area contributed by atoms with E-state index >= 15 is 0 Å². The maximum atomic E-state index is 14.4. The van der Waals surface area contributed by atoms with Crippen LogP contribution in [-0.4, -0.2) is 63.6 Å². The molecular weight excluding hydrogens is 486 g/mol. The van der Waals surface area contributed by atoms with Gasteiger partial charge >= 0.3 is 5.97 Å². The zero-order chi connectivity index (χ0) is 26.1. The van der Waals surface area contributed by atoms with Crippen molar-refractivity contribution in [3.8, 4) is 11.4 Å². The number of halogens is 2. The Kier molecular flexibility index (Phi) is 6.62. The van der Waals surface area contributed by atoms with Gasteiger partial charge < -0.3 is 20.1 Å². The molecule has 3 aromatic rings. The van der Waals surface area contributed by atoms with E-state index in [9.17, 15) is 28.3 Å². The summed E-state index contributed by atoms with van der Waals surface area (Å²) in [7, 11) is 0. The topological polar surface area (TPSA) is 122 Å². The molecule has 1 aromatic heterocycles. The first-order valence-electron chi connectivity index (χ1n) is 11.6. The van der Waals surface area contributed by atoms with Gasteiger partial charge in [0.25, 0.3) is 5.91 Å².